The summed E-state index contributed by atoms with van der Waals surface area (Å²) in [5.41, 5.74) is 6.51. The second kappa shape index (κ2) is 4.01. The van der Waals surface area contributed by atoms with Gasteiger partial charge in [0.05, 0.1) is 0 Å². The van der Waals surface area contributed by atoms with E-state index in [4.69, 9.17) is 4.74 Å². The van der Waals surface area contributed by atoms with Crippen molar-refractivity contribution in [2.75, 3.05) is 18.0 Å². The van der Waals surface area contributed by atoms with E-state index in [1.807, 2.05) is 0 Å². The van der Waals surface area contributed by atoms with Gasteiger partial charge in [0.25, 0.3) is 0 Å². The maximum atomic E-state index is 9.82. The molecule has 1 N–H and O–H groups in total. The van der Waals surface area contributed by atoms with Crippen molar-refractivity contribution in [1.82, 2.24) is 0 Å². The summed E-state index contributed by atoms with van der Waals surface area (Å²) in [7, 11) is 0. The highest BCUT2D eigenvalue weighted by Gasteiger charge is 2.30. The molecular formula is C16H19NO2. The fourth-order valence-electron chi connectivity index (χ4n) is 3.72. The minimum absolute atomic E-state index is 0.791. The van der Waals surface area contributed by atoms with Gasteiger partial charge in [-0.05, 0) is 55.9 Å². The van der Waals surface area contributed by atoms with Gasteiger partial charge < -0.3 is 14.7 Å². The number of hydrogen-bond donors (Lipinski definition) is 1. The number of nitrogens with zero attached hydrogens (tertiary/aromatic N) is 1. The van der Waals surface area contributed by atoms with Gasteiger partial charge in [-0.25, -0.2) is 0 Å². The van der Waals surface area contributed by atoms with E-state index in [-0.39, 0.29) is 0 Å². The number of benzene rings is 1. The number of aliphatic hydroxyl groups excluding tert-OH is 1. The second-order valence-corrected chi connectivity index (χ2v) is 5.79. The number of rotatable bonds is 0. The Bertz CT molecular complexity index is 575. The topological polar surface area (TPSA) is 32.7 Å². The first-order chi connectivity index (χ1) is 9.24. The Morgan fingerprint density at radius 2 is 2.05 bits per heavy atom. The van der Waals surface area contributed by atoms with Gasteiger partial charge in [0.1, 0.15) is 5.75 Å². The Morgan fingerprint density at radius 1 is 1.26 bits per heavy atom. The zero-order chi connectivity index (χ0) is 13.0. The molecular weight excluding hydrogens is 238 g/mol. The zero-order valence-electron chi connectivity index (χ0n) is 11.3. The van der Waals surface area contributed by atoms with E-state index in [0.29, 0.717) is 0 Å². The number of aryl methyl sites for hydroxylation is 1. The highest BCUT2D eigenvalue weighted by molar-refractivity contribution is 5.79. The molecule has 0 spiro atoms. The summed E-state index contributed by atoms with van der Waals surface area (Å²) in [5, 5.41) is 9.82. The van der Waals surface area contributed by atoms with Gasteiger partial charge in [-0.1, -0.05) is 0 Å². The predicted octanol–water partition coefficient (Wildman–Crippen LogP) is 2.50. The van der Waals surface area contributed by atoms with E-state index in [0.717, 1.165) is 30.8 Å². The quantitative estimate of drug-likeness (QED) is 0.775. The fourth-order valence-corrected chi connectivity index (χ4v) is 3.72. The molecule has 4 rings (SSSR count). The summed E-state index contributed by atoms with van der Waals surface area (Å²) in [5.74, 6) is 0.929. The molecule has 100 valence electrons. The van der Waals surface area contributed by atoms with Crippen LogP contribution in [0.1, 0.15) is 36.5 Å². The minimum Gasteiger partial charge on any atom is -0.460 e. The van der Waals surface area contributed by atoms with Gasteiger partial charge >= 0.3 is 0 Å². The molecule has 3 aliphatic rings. The fraction of sp³-hybridized carbons (Fsp3) is 0.500. The number of ether oxygens (including phenoxy) is 1. The van der Waals surface area contributed by atoms with Crippen LogP contribution in [-0.2, 0) is 12.8 Å². The summed E-state index contributed by atoms with van der Waals surface area (Å²) in [6.45, 7) is 4.39. The number of fused-ring (bicyclic) bond motifs is 2. The van der Waals surface area contributed by atoms with Gasteiger partial charge in [0.15, 0.2) is 0 Å². The molecule has 1 unspecified atom stereocenters. The molecule has 1 atom stereocenters. The Hall–Kier alpha value is -1.48. The second-order valence-electron chi connectivity index (χ2n) is 5.79. The molecule has 0 aliphatic carbocycles. The molecule has 3 aliphatic heterocycles. The lowest BCUT2D eigenvalue weighted by Gasteiger charge is -2.39. The summed E-state index contributed by atoms with van der Waals surface area (Å²) in [6, 6.07) is 2.28. The summed E-state index contributed by atoms with van der Waals surface area (Å²) >= 11 is 0. The summed E-state index contributed by atoms with van der Waals surface area (Å²) < 4.78 is 5.73. The normalized spacial score (nSPS) is 24.2. The Labute approximate surface area is 113 Å². The smallest absolute Gasteiger partial charge is 0.217 e. The lowest BCUT2D eigenvalue weighted by molar-refractivity contribution is 0.0216. The van der Waals surface area contributed by atoms with Crippen LogP contribution >= 0.6 is 0 Å². The maximum Gasteiger partial charge on any atom is 0.217 e. The van der Waals surface area contributed by atoms with Crippen LogP contribution < -0.4 is 9.64 Å². The lowest BCUT2D eigenvalue weighted by atomic mass is 9.87. The Morgan fingerprint density at radius 3 is 2.89 bits per heavy atom. The van der Waals surface area contributed by atoms with E-state index in [1.54, 1.807) is 6.08 Å². The third-order valence-electron chi connectivity index (χ3n) is 4.53. The van der Waals surface area contributed by atoms with Crippen molar-refractivity contribution in [3.05, 3.63) is 28.8 Å². The average Bonchev–Trinajstić information content (AvgIpc) is 2.41. The number of aliphatic hydroxyl groups is 1. The van der Waals surface area contributed by atoms with Crippen molar-refractivity contribution in [2.24, 2.45) is 0 Å². The van der Waals surface area contributed by atoms with Crippen LogP contribution in [0, 0.1) is 0 Å². The molecule has 0 fully saturated rings. The van der Waals surface area contributed by atoms with Crippen LogP contribution in [-0.4, -0.2) is 24.5 Å². The van der Waals surface area contributed by atoms with E-state index in [2.05, 4.69) is 17.9 Å². The molecule has 0 amide bonds. The molecule has 0 saturated heterocycles. The van der Waals surface area contributed by atoms with Crippen LogP contribution in [0.5, 0.6) is 5.75 Å². The highest BCUT2D eigenvalue weighted by atomic mass is 16.6. The number of hydrogen-bond acceptors (Lipinski definition) is 3. The standard InChI is InChI=1S/C16H19NO2/c1-10-8-14(18)19-16-12-5-3-7-17-6-2-4-11(15(12)17)9-13(10)16/h8-9,14,18H,2-7H2,1H3. The van der Waals surface area contributed by atoms with Gasteiger partial charge in [0.2, 0.25) is 6.29 Å². The van der Waals surface area contributed by atoms with Crippen molar-refractivity contribution in [3.63, 3.8) is 0 Å². The first-order valence-corrected chi connectivity index (χ1v) is 7.21. The molecule has 3 heterocycles. The first kappa shape index (κ1) is 11.4. The van der Waals surface area contributed by atoms with Gasteiger partial charge in [-0.2, -0.15) is 0 Å². The predicted molar refractivity (Wildman–Crippen MR) is 75.6 cm³/mol. The minimum atomic E-state index is -0.791. The van der Waals surface area contributed by atoms with Crippen molar-refractivity contribution in [1.29, 1.82) is 0 Å². The average molecular weight is 257 g/mol. The Kier molecular flexibility index (Phi) is 2.39. The van der Waals surface area contributed by atoms with Crippen LogP contribution in [0.15, 0.2) is 12.1 Å². The third kappa shape index (κ3) is 1.61. The third-order valence-corrected chi connectivity index (χ3v) is 4.53. The van der Waals surface area contributed by atoms with Crippen molar-refractivity contribution in [3.8, 4) is 5.75 Å². The molecule has 0 bridgehead atoms. The molecule has 3 nitrogen and oxygen atoms in total. The van der Waals surface area contributed by atoms with Crippen LogP contribution in [0.2, 0.25) is 0 Å². The molecule has 19 heavy (non-hydrogen) atoms. The van der Waals surface area contributed by atoms with E-state index in [1.165, 1.54) is 41.6 Å². The highest BCUT2D eigenvalue weighted by Crippen LogP contribution is 2.45. The van der Waals surface area contributed by atoms with E-state index < -0.39 is 6.29 Å². The first-order valence-electron chi connectivity index (χ1n) is 7.21. The largest absolute Gasteiger partial charge is 0.460 e. The zero-order valence-corrected chi connectivity index (χ0v) is 11.3. The van der Waals surface area contributed by atoms with E-state index in [9.17, 15) is 5.11 Å². The monoisotopic (exact) mass is 257 g/mol. The van der Waals surface area contributed by atoms with E-state index >= 15 is 0 Å². The van der Waals surface area contributed by atoms with Crippen LogP contribution in [0.3, 0.4) is 0 Å². The van der Waals surface area contributed by atoms with Crippen molar-refractivity contribution < 1.29 is 9.84 Å². The van der Waals surface area contributed by atoms with Crippen LogP contribution in [0.25, 0.3) is 5.57 Å². The van der Waals surface area contributed by atoms with Gasteiger partial charge in [-0.3, -0.25) is 0 Å². The maximum absolute atomic E-state index is 9.82. The van der Waals surface area contributed by atoms with Crippen LogP contribution in [0.4, 0.5) is 5.69 Å². The van der Waals surface area contributed by atoms with Gasteiger partial charge in [-0.15, -0.1) is 0 Å². The molecule has 1 aromatic carbocycles. The Balaban J connectivity index is 1.98. The molecule has 0 aromatic heterocycles. The van der Waals surface area contributed by atoms with Gasteiger partial charge in [0, 0.05) is 29.9 Å². The van der Waals surface area contributed by atoms with Crippen molar-refractivity contribution in [2.45, 2.75) is 38.9 Å². The van der Waals surface area contributed by atoms with Crippen molar-refractivity contribution >= 4 is 11.3 Å². The molecule has 3 heteroatoms. The SMILES string of the molecule is CC1=CC(O)Oc2c1cc1c3c2CCCN3CCC1. The molecule has 1 aromatic rings. The molecule has 0 radical (unpaired) electrons. The number of anilines is 1. The molecule has 0 saturated carbocycles. The summed E-state index contributed by atoms with van der Waals surface area (Å²) in [6.07, 6.45) is 5.68. The lowest BCUT2D eigenvalue weighted by Crippen LogP contribution is -2.35. The number of allylic oxidation sites excluding steroid dienone is 1. The summed E-state index contributed by atoms with van der Waals surface area (Å²) in [4.78, 5) is 2.50.